The van der Waals surface area contributed by atoms with Gasteiger partial charge < -0.3 is 4.42 Å². The number of benzene rings is 1. The maximum atomic E-state index is 12.8. The summed E-state index contributed by atoms with van der Waals surface area (Å²) in [5, 5.41) is 3.96. The number of fused-ring (bicyclic) bond motifs is 1. The number of oxazole rings is 1. The van der Waals surface area contributed by atoms with Crippen molar-refractivity contribution in [3.63, 3.8) is 0 Å². The summed E-state index contributed by atoms with van der Waals surface area (Å²) in [4.78, 5) is 4.75. The second-order valence-corrected chi connectivity index (χ2v) is 8.01. The third kappa shape index (κ3) is 2.61. The van der Waals surface area contributed by atoms with Gasteiger partial charge in [-0.25, -0.2) is 13.4 Å². The molecule has 7 nitrogen and oxygen atoms in total. The summed E-state index contributed by atoms with van der Waals surface area (Å²) in [5.74, 6) is 0.583. The fraction of sp³-hybridized carbons (Fsp3) is 0.375. The van der Waals surface area contributed by atoms with Gasteiger partial charge in [0.2, 0.25) is 10.0 Å². The molecular weight excluding hydrogens is 328 g/mol. The van der Waals surface area contributed by atoms with Gasteiger partial charge in [0.05, 0.1) is 6.20 Å². The molecule has 1 saturated heterocycles. The number of piperidine rings is 1. The molecule has 2 aromatic heterocycles. The van der Waals surface area contributed by atoms with E-state index in [1.165, 1.54) is 21.4 Å². The molecule has 0 amide bonds. The molecule has 4 rings (SSSR count). The molecule has 0 aliphatic carbocycles. The summed E-state index contributed by atoms with van der Waals surface area (Å²) in [7, 11) is -1.83. The number of nitrogens with zero attached hydrogens (tertiary/aromatic N) is 4. The first-order valence-corrected chi connectivity index (χ1v) is 9.32. The van der Waals surface area contributed by atoms with Crippen LogP contribution in [0.25, 0.3) is 11.1 Å². The summed E-state index contributed by atoms with van der Waals surface area (Å²) in [5.41, 5.74) is 1.54. The zero-order chi connectivity index (χ0) is 16.7. The minimum atomic E-state index is -3.53. The van der Waals surface area contributed by atoms with Gasteiger partial charge in [-0.3, -0.25) is 4.68 Å². The Balaban J connectivity index is 1.61. The van der Waals surface area contributed by atoms with Gasteiger partial charge in [-0.1, -0.05) is 12.1 Å². The molecule has 1 fully saturated rings. The van der Waals surface area contributed by atoms with E-state index in [0.717, 1.165) is 23.9 Å². The first-order valence-electron chi connectivity index (χ1n) is 7.88. The second-order valence-electron chi connectivity index (χ2n) is 6.07. The van der Waals surface area contributed by atoms with E-state index in [-0.39, 0.29) is 10.8 Å². The molecular formula is C16H18N4O3S. The number of hydrogen-bond acceptors (Lipinski definition) is 5. The fourth-order valence-electron chi connectivity index (χ4n) is 3.11. The topological polar surface area (TPSA) is 81.2 Å². The van der Waals surface area contributed by atoms with E-state index in [1.54, 1.807) is 7.05 Å². The van der Waals surface area contributed by atoms with E-state index in [9.17, 15) is 8.42 Å². The summed E-state index contributed by atoms with van der Waals surface area (Å²) in [6.45, 7) is 0.887. The summed E-state index contributed by atoms with van der Waals surface area (Å²) in [6.07, 6.45) is 4.56. The van der Waals surface area contributed by atoms with Crippen LogP contribution in [0.15, 0.2) is 46.0 Å². The molecule has 1 aliphatic rings. The lowest BCUT2D eigenvalue weighted by molar-refractivity contribution is 0.288. The zero-order valence-corrected chi connectivity index (χ0v) is 14.1. The Bertz CT molecular complexity index is 943. The van der Waals surface area contributed by atoms with Gasteiger partial charge in [-0.15, -0.1) is 0 Å². The van der Waals surface area contributed by atoms with Crippen molar-refractivity contribution in [1.82, 2.24) is 19.1 Å². The highest BCUT2D eigenvalue weighted by Crippen LogP contribution is 2.31. The lowest BCUT2D eigenvalue weighted by Crippen LogP contribution is -2.39. The third-order valence-electron chi connectivity index (χ3n) is 4.36. The molecule has 0 saturated carbocycles. The number of hydrogen-bond donors (Lipinski definition) is 0. The number of para-hydroxylation sites is 2. The summed E-state index contributed by atoms with van der Waals surface area (Å²) >= 11 is 0. The van der Waals surface area contributed by atoms with E-state index in [4.69, 9.17) is 4.42 Å². The Kier molecular flexibility index (Phi) is 3.65. The Morgan fingerprint density at radius 1 is 1.29 bits per heavy atom. The molecule has 126 valence electrons. The number of sulfonamides is 1. The highest BCUT2D eigenvalue weighted by molar-refractivity contribution is 7.89. The predicted octanol–water partition coefficient (Wildman–Crippen LogP) is 2.13. The van der Waals surface area contributed by atoms with Crippen LogP contribution in [0.1, 0.15) is 24.7 Å². The molecule has 0 radical (unpaired) electrons. The van der Waals surface area contributed by atoms with E-state index >= 15 is 0 Å². The van der Waals surface area contributed by atoms with Gasteiger partial charge in [0, 0.05) is 32.3 Å². The molecule has 1 unspecified atom stereocenters. The van der Waals surface area contributed by atoms with Gasteiger partial charge in [-0.05, 0) is 25.0 Å². The Labute approximate surface area is 139 Å². The van der Waals surface area contributed by atoms with Crippen molar-refractivity contribution < 1.29 is 12.8 Å². The van der Waals surface area contributed by atoms with E-state index in [0.29, 0.717) is 19.0 Å². The van der Waals surface area contributed by atoms with Crippen LogP contribution in [0.3, 0.4) is 0 Å². The van der Waals surface area contributed by atoms with E-state index in [2.05, 4.69) is 10.1 Å². The maximum Gasteiger partial charge on any atom is 0.246 e. The lowest BCUT2D eigenvalue weighted by atomic mass is 10.00. The molecule has 3 heterocycles. The molecule has 0 spiro atoms. The standard InChI is InChI=1S/C16H18N4O3S/c1-19-11-13(9-17-19)24(21,22)20-8-4-5-12(10-20)16-18-14-6-2-3-7-15(14)23-16/h2-3,6-7,9,11-12H,4-5,8,10H2,1H3. The maximum absolute atomic E-state index is 12.8. The zero-order valence-electron chi connectivity index (χ0n) is 13.3. The molecule has 0 bridgehead atoms. The summed E-state index contributed by atoms with van der Waals surface area (Å²) < 4.78 is 34.4. The van der Waals surface area contributed by atoms with Crippen molar-refractivity contribution >= 4 is 21.1 Å². The lowest BCUT2D eigenvalue weighted by Gasteiger charge is -2.29. The van der Waals surface area contributed by atoms with Gasteiger partial charge in [0.1, 0.15) is 10.4 Å². The largest absolute Gasteiger partial charge is 0.440 e. The van der Waals surface area contributed by atoms with Crippen LogP contribution in [0.4, 0.5) is 0 Å². The van der Waals surface area contributed by atoms with Crippen molar-refractivity contribution in [2.24, 2.45) is 7.05 Å². The average molecular weight is 346 g/mol. The average Bonchev–Trinajstić information content (AvgIpc) is 3.21. The molecule has 1 aliphatic heterocycles. The molecule has 1 atom stereocenters. The van der Waals surface area contributed by atoms with Crippen LogP contribution in [0.2, 0.25) is 0 Å². The van der Waals surface area contributed by atoms with Crippen LogP contribution in [-0.4, -0.2) is 40.6 Å². The normalized spacial score (nSPS) is 19.8. The smallest absolute Gasteiger partial charge is 0.246 e. The monoisotopic (exact) mass is 346 g/mol. The van der Waals surface area contributed by atoms with Crippen molar-refractivity contribution in [2.45, 2.75) is 23.7 Å². The fourth-order valence-corrected chi connectivity index (χ4v) is 4.62. The van der Waals surface area contributed by atoms with Gasteiger partial charge in [0.15, 0.2) is 11.5 Å². The predicted molar refractivity (Wildman–Crippen MR) is 88.0 cm³/mol. The van der Waals surface area contributed by atoms with E-state index in [1.807, 2.05) is 24.3 Å². The minimum absolute atomic E-state index is 0.0300. The van der Waals surface area contributed by atoms with Crippen LogP contribution >= 0.6 is 0 Å². The highest BCUT2D eigenvalue weighted by atomic mass is 32.2. The minimum Gasteiger partial charge on any atom is -0.440 e. The highest BCUT2D eigenvalue weighted by Gasteiger charge is 2.33. The van der Waals surface area contributed by atoms with Gasteiger partial charge >= 0.3 is 0 Å². The third-order valence-corrected chi connectivity index (χ3v) is 6.18. The number of aromatic nitrogens is 3. The second kappa shape index (κ2) is 5.71. The Morgan fingerprint density at radius 2 is 2.12 bits per heavy atom. The quantitative estimate of drug-likeness (QED) is 0.726. The van der Waals surface area contributed by atoms with Crippen LogP contribution in [0, 0.1) is 0 Å². The first-order chi connectivity index (χ1) is 11.5. The van der Waals surface area contributed by atoms with Crippen molar-refractivity contribution in [3.8, 4) is 0 Å². The van der Waals surface area contributed by atoms with Gasteiger partial charge in [-0.2, -0.15) is 9.40 Å². The van der Waals surface area contributed by atoms with E-state index < -0.39 is 10.0 Å². The Morgan fingerprint density at radius 3 is 2.88 bits per heavy atom. The van der Waals surface area contributed by atoms with Crippen molar-refractivity contribution in [3.05, 3.63) is 42.5 Å². The van der Waals surface area contributed by atoms with Crippen LogP contribution in [0.5, 0.6) is 0 Å². The SMILES string of the molecule is Cn1cc(S(=O)(=O)N2CCCC(c3nc4ccccc4o3)C2)cn1. The molecule has 0 N–H and O–H groups in total. The van der Waals surface area contributed by atoms with Crippen LogP contribution in [-0.2, 0) is 17.1 Å². The molecule has 8 heteroatoms. The van der Waals surface area contributed by atoms with Crippen LogP contribution < -0.4 is 0 Å². The van der Waals surface area contributed by atoms with Crippen molar-refractivity contribution in [2.75, 3.05) is 13.1 Å². The molecule has 3 aromatic rings. The number of rotatable bonds is 3. The Hall–Kier alpha value is -2.19. The summed E-state index contributed by atoms with van der Waals surface area (Å²) in [6, 6.07) is 7.58. The van der Waals surface area contributed by atoms with Gasteiger partial charge in [0.25, 0.3) is 0 Å². The molecule has 1 aromatic carbocycles. The number of aryl methyl sites for hydroxylation is 1. The first kappa shape index (κ1) is 15.3. The molecule has 24 heavy (non-hydrogen) atoms. The van der Waals surface area contributed by atoms with Crippen molar-refractivity contribution in [1.29, 1.82) is 0 Å².